The Labute approximate surface area is 238 Å². The van der Waals surface area contributed by atoms with E-state index in [9.17, 15) is 19.5 Å². The molecule has 41 heavy (non-hydrogen) atoms. The van der Waals surface area contributed by atoms with Crippen molar-refractivity contribution in [1.29, 1.82) is 0 Å². The van der Waals surface area contributed by atoms with Crippen LogP contribution in [0.15, 0.2) is 66.7 Å². The number of hydrogen-bond acceptors (Lipinski definition) is 7. The van der Waals surface area contributed by atoms with Gasteiger partial charge >= 0.3 is 11.9 Å². The Morgan fingerprint density at radius 1 is 0.927 bits per heavy atom. The van der Waals surface area contributed by atoms with Gasteiger partial charge in [-0.3, -0.25) is 9.59 Å². The number of nitrogens with one attached hydrogen (secondary N) is 1. The molecule has 0 bridgehead atoms. The second kappa shape index (κ2) is 14.1. The monoisotopic (exact) mass is 562 g/mol. The molecule has 3 N–H and O–H groups in total. The third-order valence-corrected chi connectivity index (χ3v) is 6.60. The van der Waals surface area contributed by atoms with Gasteiger partial charge in [0.15, 0.2) is 5.75 Å². The summed E-state index contributed by atoms with van der Waals surface area (Å²) in [6.07, 6.45) is 0.808. The van der Waals surface area contributed by atoms with Crippen LogP contribution in [0.25, 0.3) is 0 Å². The van der Waals surface area contributed by atoms with Crippen LogP contribution in [0.2, 0.25) is 0 Å². The predicted molar refractivity (Wildman–Crippen MR) is 153 cm³/mol. The average Bonchev–Trinajstić information content (AvgIpc) is 2.96. The topological polar surface area (TPSA) is 135 Å². The van der Waals surface area contributed by atoms with Crippen LogP contribution in [0.4, 0.5) is 11.4 Å². The van der Waals surface area contributed by atoms with Crippen LogP contribution in [0, 0.1) is 6.92 Å². The van der Waals surface area contributed by atoms with Crippen molar-refractivity contribution in [2.45, 2.75) is 38.7 Å². The Kier molecular flexibility index (Phi) is 10.0. The van der Waals surface area contributed by atoms with E-state index in [1.165, 1.54) is 0 Å². The highest BCUT2D eigenvalue weighted by Gasteiger charge is 2.32. The van der Waals surface area contributed by atoms with Gasteiger partial charge in [0.1, 0.15) is 11.5 Å². The van der Waals surface area contributed by atoms with E-state index in [4.69, 9.17) is 19.3 Å². The molecule has 216 valence electrons. The summed E-state index contributed by atoms with van der Waals surface area (Å²) in [5.74, 6) is -0.690. The summed E-state index contributed by atoms with van der Waals surface area (Å²) in [4.78, 5) is 37.4. The Bertz CT molecular complexity index is 1360. The van der Waals surface area contributed by atoms with Crippen LogP contribution >= 0.6 is 0 Å². The molecule has 0 radical (unpaired) electrons. The summed E-state index contributed by atoms with van der Waals surface area (Å²) in [5, 5.41) is 21.4. The van der Waals surface area contributed by atoms with E-state index in [1.807, 2.05) is 31.2 Å². The van der Waals surface area contributed by atoms with Crippen LogP contribution in [0.1, 0.15) is 41.6 Å². The number of ether oxygens (including phenoxy) is 3. The van der Waals surface area contributed by atoms with Gasteiger partial charge in [-0.1, -0.05) is 24.3 Å². The lowest BCUT2D eigenvalue weighted by Gasteiger charge is -2.35. The zero-order chi connectivity index (χ0) is 29.2. The first-order chi connectivity index (χ1) is 19.8. The number of carbonyl (C=O) groups is 3. The van der Waals surface area contributed by atoms with Crippen molar-refractivity contribution < 1.29 is 38.8 Å². The first kappa shape index (κ1) is 29.3. The van der Waals surface area contributed by atoms with E-state index >= 15 is 0 Å². The third-order valence-electron chi connectivity index (χ3n) is 6.60. The molecule has 3 aromatic rings. The minimum absolute atomic E-state index is 0.0387. The molecule has 0 saturated carbocycles. The molecule has 1 atom stereocenters. The van der Waals surface area contributed by atoms with Gasteiger partial charge in [-0.25, -0.2) is 4.79 Å². The van der Waals surface area contributed by atoms with Crippen molar-refractivity contribution in [1.82, 2.24) is 0 Å². The second-order valence-electron chi connectivity index (χ2n) is 9.69. The largest absolute Gasteiger partial charge is 0.494 e. The standard InChI is InChI=1S/C31H34N2O8/c1-21-8-2-3-11-26(21)40-19-5-4-18-39-23-15-13-22(14-16-23)30(36)32-24-9-6-10-25-29(24)41-27(31(37)38)20-33(25)17-7-12-28(34)35/h2-3,6,8-11,13-16,27H,4-5,7,12,17-20H2,1H3,(H,32,36)(H,34,35)(H,37,38). The molecule has 1 heterocycles. The number of amides is 1. The number of nitrogens with zero attached hydrogens (tertiary/aromatic N) is 1. The number of hydrogen-bond donors (Lipinski definition) is 3. The maximum atomic E-state index is 13.0. The average molecular weight is 563 g/mol. The van der Waals surface area contributed by atoms with Crippen LogP contribution in [-0.4, -0.2) is 60.5 Å². The van der Waals surface area contributed by atoms with E-state index in [0.717, 1.165) is 24.2 Å². The number of unbranched alkanes of at least 4 members (excludes halogenated alkanes) is 1. The number of carboxylic acids is 2. The maximum Gasteiger partial charge on any atom is 0.346 e. The van der Waals surface area contributed by atoms with Gasteiger partial charge in [-0.05, 0) is 74.2 Å². The van der Waals surface area contributed by atoms with Gasteiger partial charge in [0, 0.05) is 18.5 Å². The van der Waals surface area contributed by atoms with Crippen LogP contribution in [0.3, 0.4) is 0 Å². The van der Waals surface area contributed by atoms with Crippen molar-refractivity contribution in [3.63, 3.8) is 0 Å². The second-order valence-corrected chi connectivity index (χ2v) is 9.69. The Hall–Kier alpha value is -4.73. The molecule has 1 aliphatic heterocycles. The summed E-state index contributed by atoms with van der Waals surface area (Å²) in [6, 6.07) is 19.8. The van der Waals surface area contributed by atoms with E-state index < -0.39 is 23.9 Å². The molecular weight excluding hydrogens is 528 g/mol. The highest BCUT2D eigenvalue weighted by Crippen LogP contribution is 2.40. The van der Waals surface area contributed by atoms with Gasteiger partial charge in [-0.15, -0.1) is 0 Å². The molecule has 0 spiro atoms. The molecule has 10 heteroatoms. The fourth-order valence-corrected chi connectivity index (χ4v) is 4.43. The number of rotatable bonds is 14. The van der Waals surface area contributed by atoms with Crippen molar-refractivity contribution >= 4 is 29.2 Å². The first-order valence-electron chi connectivity index (χ1n) is 13.5. The van der Waals surface area contributed by atoms with Crippen molar-refractivity contribution in [2.24, 2.45) is 0 Å². The van der Waals surface area contributed by atoms with Gasteiger partial charge in [-0.2, -0.15) is 0 Å². The van der Waals surface area contributed by atoms with Crippen molar-refractivity contribution in [3.8, 4) is 17.2 Å². The summed E-state index contributed by atoms with van der Waals surface area (Å²) in [7, 11) is 0. The lowest BCUT2D eigenvalue weighted by atomic mass is 10.1. The lowest BCUT2D eigenvalue weighted by Crippen LogP contribution is -2.45. The van der Waals surface area contributed by atoms with Crippen molar-refractivity contribution in [2.75, 3.05) is 36.5 Å². The van der Waals surface area contributed by atoms with Gasteiger partial charge in [0.2, 0.25) is 6.10 Å². The Morgan fingerprint density at radius 2 is 1.66 bits per heavy atom. The molecule has 4 rings (SSSR count). The van der Waals surface area contributed by atoms with Crippen LogP contribution in [0.5, 0.6) is 17.2 Å². The molecule has 1 unspecified atom stereocenters. The van der Waals surface area contributed by atoms with Crippen molar-refractivity contribution in [3.05, 3.63) is 77.9 Å². The van der Waals surface area contributed by atoms with E-state index in [2.05, 4.69) is 5.32 Å². The van der Waals surface area contributed by atoms with E-state index in [-0.39, 0.29) is 18.7 Å². The fraction of sp³-hybridized carbons (Fsp3) is 0.323. The van der Waals surface area contributed by atoms with Gasteiger partial charge < -0.3 is 34.6 Å². The number of benzene rings is 3. The zero-order valence-corrected chi connectivity index (χ0v) is 22.9. The molecular formula is C31H34N2O8. The number of anilines is 2. The molecule has 1 aliphatic rings. The number of para-hydroxylation sites is 2. The molecule has 0 aliphatic carbocycles. The summed E-state index contributed by atoms with van der Waals surface area (Å²) >= 11 is 0. The highest BCUT2D eigenvalue weighted by atomic mass is 16.5. The summed E-state index contributed by atoms with van der Waals surface area (Å²) in [6.45, 7) is 3.54. The van der Waals surface area contributed by atoms with Gasteiger partial charge in [0.05, 0.1) is 31.1 Å². The number of aliphatic carboxylic acids is 2. The number of aryl methyl sites for hydroxylation is 1. The van der Waals surface area contributed by atoms with E-state index in [1.54, 1.807) is 47.4 Å². The quantitative estimate of drug-likeness (QED) is 0.232. The minimum atomic E-state index is -1.16. The highest BCUT2D eigenvalue weighted by molar-refractivity contribution is 6.05. The smallest absolute Gasteiger partial charge is 0.346 e. The van der Waals surface area contributed by atoms with Crippen LogP contribution in [-0.2, 0) is 9.59 Å². The van der Waals surface area contributed by atoms with Gasteiger partial charge in [0.25, 0.3) is 5.91 Å². The molecule has 10 nitrogen and oxygen atoms in total. The van der Waals surface area contributed by atoms with Crippen LogP contribution < -0.4 is 24.4 Å². The molecule has 0 saturated heterocycles. The summed E-state index contributed by atoms with van der Waals surface area (Å²) in [5.41, 5.74) is 2.42. The zero-order valence-electron chi connectivity index (χ0n) is 22.9. The normalized spacial score (nSPS) is 14.0. The van der Waals surface area contributed by atoms with E-state index in [0.29, 0.717) is 48.9 Å². The number of carboxylic acid groups (broad SMARTS) is 2. The third kappa shape index (κ3) is 8.14. The molecule has 0 fully saturated rings. The first-order valence-corrected chi connectivity index (χ1v) is 13.5. The maximum absolute atomic E-state index is 13.0. The Balaban J connectivity index is 1.31. The molecule has 1 amide bonds. The molecule has 3 aromatic carbocycles. The Morgan fingerprint density at radius 3 is 2.37 bits per heavy atom. The summed E-state index contributed by atoms with van der Waals surface area (Å²) < 4.78 is 17.3. The predicted octanol–water partition coefficient (Wildman–Crippen LogP) is 5.00. The number of carbonyl (C=O) groups excluding carboxylic acids is 1. The SMILES string of the molecule is Cc1ccccc1OCCCCOc1ccc(C(=O)Nc2cccc3c2OC(C(=O)O)CN3CCCC(=O)O)cc1. The lowest BCUT2D eigenvalue weighted by molar-refractivity contribution is -0.145. The fourth-order valence-electron chi connectivity index (χ4n) is 4.43. The number of fused-ring (bicyclic) bond motifs is 1. The molecule has 0 aromatic heterocycles. The minimum Gasteiger partial charge on any atom is -0.494 e.